The molecule has 0 aliphatic heterocycles. The second-order valence-corrected chi connectivity index (χ2v) is 4.28. The van der Waals surface area contributed by atoms with Gasteiger partial charge in [-0.1, -0.05) is 11.8 Å². The van der Waals surface area contributed by atoms with Crippen molar-refractivity contribution in [3.63, 3.8) is 0 Å². The predicted octanol–water partition coefficient (Wildman–Crippen LogP) is 0.524. The zero-order chi connectivity index (χ0) is 13.7. The van der Waals surface area contributed by atoms with Crippen molar-refractivity contribution < 1.29 is 18.4 Å². The van der Waals surface area contributed by atoms with Crippen LogP contribution in [0.3, 0.4) is 0 Å². The van der Waals surface area contributed by atoms with Gasteiger partial charge in [0.2, 0.25) is 11.8 Å². The SMILES string of the molecule is Cc1nnc(SCC(=O)NNC(=O)c2ccco2)o1. The van der Waals surface area contributed by atoms with Crippen LogP contribution in [-0.4, -0.2) is 27.8 Å². The molecule has 0 aliphatic rings. The van der Waals surface area contributed by atoms with Crippen LogP contribution in [0.25, 0.3) is 0 Å². The van der Waals surface area contributed by atoms with Gasteiger partial charge >= 0.3 is 5.91 Å². The maximum atomic E-state index is 11.4. The van der Waals surface area contributed by atoms with Crippen LogP contribution in [0.2, 0.25) is 0 Å². The first-order chi connectivity index (χ1) is 9.15. The van der Waals surface area contributed by atoms with Gasteiger partial charge < -0.3 is 8.83 Å². The average Bonchev–Trinajstić information content (AvgIpc) is 3.04. The van der Waals surface area contributed by atoms with Crippen LogP contribution in [0.4, 0.5) is 0 Å². The van der Waals surface area contributed by atoms with E-state index in [2.05, 4.69) is 21.0 Å². The van der Waals surface area contributed by atoms with Crippen molar-refractivity contribution in [1.29, 1.82) is 0 Å². The maximum absolute atomic E-state index is 11.4. The largest absolute Gasteiger partial charge is 0.459 e. The van der Waals surface area contributed by atoms with Gasteiger partial charge in [0.25, 0.3) is 5.22 Å². The third-order valence-corrected chi connectivity index (χ3v) is 2.71. The average molecular weight is 282 g/mol. The molecule has 0 radical (unpaired) electrons. The normalized spacial score (nSPS) is 10.2. The molecule has 2 aromatic heterocycles. The van der Waals surface area contributed by atoms with Gasteiger partial charge in [-0.25, -0.2) is 0 Å². The Hall–Kier alpha value is -2.29. The third-order valence-electron chi connectivity index (χ3n) is 1.89. The van der Waals surface area contributed by atoms with E-state index in [0.717, 1.165) is 11.8 Å². The summed E-state index contributed by atoms with van der Waals surface area (Å²) in [6, 6.07) is 3.06. The Morgan fingerprint density at radius 2 is 2.21 bits per heavy atom. The second kappa shape index (κ2) is 6.05. The van der Waals surface area contributed by atoms with Crippen LogP contribution < -0.4 is 10.9 Å². The Labute approximate surface area is 111 Å². The van der Waals surface area contributed by atoms with E-state index >= 15 is 0 Å². The summed E-state index contributed by atoms with van der Waals surface area (Å²) in [6.45, 7) is 1.65. The topological polar surface area (TPSA) is 110 Å². The molecule has 0 spiro atoms. The minimum atomic E-state index is -0.531. The van der Waals surface area contributed by atoms with Crippen LogP contribution in [0.15, 0.2) is 32.5 Å². The minimum Gasteiger partial charge on any atom is -0.459 e. The monoisotopic (exact) mass is 282 g/mol. The first-order valence-electron chi connectivity index (χ1n) is 5.21. The van der Waals surface area contributed by atoms with Gasteiger partial charge in [-0.2, -0.15) is 0 Å². The zero-order valence-electron chi connectivity index (χ0n) is 9.87. The van der Waals surface area contributed by atoms with Crippen molar-refractivity contribution in [1.82, 2.24) is 21.0 Å². The molecule has 9 heteroatoms. The maximum Gasteiger partial charge on any atom is 0.305 e. The van der Waals surface area contributed by atoms with Gasteiger partial charge in [0.1, 0.15) is 0 Å². The van der Waals surface area contributed by atoms with Crippen molar-refractivity contribution in [3.05, 3.63) is 30.0 Å². The standard InChI is InChI=1S/C10H10N4O4S/c1-6-11-14-10(18-6)19-5-8(15)12-13-9(16)7-3-2-4-17-7/h2-4H,5H2,1H3,(H,12,15)(H,13,16). The number of aromatic nitrogens is 2. The van der Waals surface area contributed by atoms with Crippen LogP contribution in [0.5, 0.6) is 0 Å². The van der Waals surface area contributed by atoms with Crippen molar-refractivity contribution in [2.75, 3.05) is 5.75 Å². The van der Waals surface area contributed by atoms with Gasteiger partial charge in [0, 0.05) is 6.92 Å². The van der Waals surface area contributed by atoms with E-state index in [1.54, 1.807) is 13.0 Å². The Kier molecular flexibility index (Phi) is 4.18. The van der Waals surface area contributed by atoms with E-state index in [-0.39, 0.29) is 11.5 Å². The summed E-state index contributed by atoms with van der Waals surface area (Å²) < 4.78 is 9.93. The summed E-state index contributed by atoms with van der Waals surface area (Å²) in [7, 11) is 0. The predicted molar refractivity (Wildman–Crippen MR) is 64.1 cm³/mol. The summed E-state index contributed by atoms with van der Waals surface area (Å²) in [4.78, 5) is 22.9. The smallest absolute Gasteiger partial charge is 0.305 e. The summed E-state index contributed by atoms with van der Waals surface area (Å²) in [5, 5.41) is 7.64. The summed E-state index contributed by atoms with van der Waals surface area (Å²) in [5.41, 5.74) is 4.45. The van der Waals surface area contributed by atoms with E-state index in [1.807, 2.05) is 0 Å². The summed E-state index contributed by atoms with van der Waals surface area (Å²) >= 11 is 1.07. The highest BCUT2D eigenvalue weighted by atomic mass is 32.2. The fourth-order valence-electron chi connectivity index (χ4n) is 1.10. The molecule has 0 aromatic carbocycles. The molecule has 0 aliphatic carbocycles. The number of nitrogens with zero attached hydrogens (tertiary/aromatic N) is 2. The molecule has 19 heavy (non-hydrogen) atoms. The molecule has 0 saturated heterocycles. The van der Waals surface area contributed by atoms with Crippen molar-refractivity contribution in [2.24, 2.45) is 0 Å². The van der Waals surface area contributed by atoms with Crippen molar-refractivity contribution >= 4 is 23.6 Å². The van der Waals surface area contributed by atoms with E-state index in [0.29, 0.717) is 11.1 Å². The number of rotatable bonds is 4. The van der Waals surface area contributed by atoms with Crippen LogP contribution in [0, 0.1) is 6.92 Å². The van der Waals surface area contributed by atoms with Crippen molar-refractivity contribution in [3.8, 4) is 0 Å². The molecule has 2 amide bonds. The lowest BCUT2D eigenvalue weighted by molar-refractivity contribution is -0.119. The number of hydrogen-bond donors (Lipinski definition) is 2. The highest BCUT2D eigenvalue weighted by Crippen LogP contribution is 2.14. The van der Waals surface area contributed by atoms with Gasteiger partial charge in [-0.15, -0.1) is 10.2 Å². The molecular weight excluding hydrogens is 272 g/mol. The number of nitrogens with one attached hydrogen (secondary N) is 2. The number of aryl methyl sites for hydroxylation is 1. The molecule has 8 nitrogen and oxygen atoms in total. The van der Waals surface area contributed by atoms with Gasteiger partial charge in [-0.3, -0.25) is 20.4 Å². The van der Waals surface area contributed by atoms with Crippen LogP contribution >= 0.6 is 11.8 Å². The molecule has 0 saturated carbocycles. The molecule has 2 aromatic rings. The van der Waals surface area contributed by atoms with Gasteiger partial charge in [0.15, 0.2) is 5.76 Å². The Morgan fingerprint density at radius 3 is 2.84 bits per heavy atom. The Balaban J connectivity index is 1.71. The number of amides is 2. The quantitative estimate of drug-likeness (QED) is 0.621. The lowest BCUT2D eigenvalue weighted by Gasteiger charge is -2.04. The van der Waals surface area contributed by atoms with E-state index < -0.39 is 11.8 Å². The Morgan fingerprint density at radius 1 is 1.37 bits per heavy atom. The lowest BCUT2D eigenvalue weighted by Crippen LogP contribution is -2.42. The molecule has 0 fully saturated rings. The summed E-state index contributed by atoms with van der Waals surface area (Å²) in [6.07, 6.45) is 1.37. The highest BCUT2D eigenvalue weighted by Gasteiger charge is 2.11. The van der Waals surface area contributed by atoms with Gasteiger partial charge in [0.05, 0.1) is 12.0 Å². The second-order valence-electron chi connectivity index (χ2n) is 3.36. The molecule has 2 heterocycles. The fourth-order valence-corrected chi connectivity index (χ4v) is 1.70. The fraction of sp³-hybridized carbons (Fsp3) is 0.200. The zero-order valence-corrected chi connectivity index (χ0v) is 10.7. The first-order valence-corrected chi connectivity index (χ1v) is 6.19. The molecule has 2 rings (SSSR count). The van der Waals surface area contributed by atoms with Crippen LogP contribution in [0.1, 0.15) is 16.4 Å². The van der Waals surface area contributed by atoms with Crippen molar-refractivity contribution in [2.45, 2.75) is 12.1 Å². The Bertz CT molecular complexity index is 566. The van der Waals surface area contributed by atoms with E-state index in [9.17, 15) is 9.59 Å². The number of hydrogen-bond acceptors (Lipinski definition) is 7. The number of carbonyl (C=O) groups is 2. The highest BCUT2D eigenvalue weighted by molar-refractivity contribution is 7.99. The van der Waals surface area contributed by atoms with E-state index in [1.165, 1.54) is 12.3 Å². The third kappa shape index (κ3) is 3.85. The number of hydrazine groups is 1. The van der Waals surface area contributed by atoms with Crippen LogP contribution in [-0.2, 0) is 4.79 Å². The van der Waals surface area contributed by atoms with E-state index in [4.69, 9.17) is 8.83 Å². The molecule has 0 unspecified atom stereocenters. The number of furan rings is 1. The summed E-state index contributed by atoms with van der Waals surface area (Å²) in [5.74, 6) is -0.354. The number of thioether (sulfide) groups is 1. The molecule has 0 atom stereocenters. The first kappa shape index (κ1) is 13.1. The molecule has 100 valence electrons. The number of carbonyl (C=O) groups excluding carboxylic acids is 2. The molecular formula is C10H10N4O4S. The minimum absolute atomic E-state index is 0.0417. The molecule has 2 N–H and O–H groups in total. The van der Waals surface area contributed by atoms with Gasteiger partial charge in [-0.05, 0) is 12.1 Å². The lowest BCUT2D eigenvalue weighted by atomic mass is 10.4. The molecule has 0 bridgehead atoms.